The smallest absolute Gasteiger partial charge is 0.268 e. The number of pyridine rings is 1. The maximum Gasteiger partial charge on any atom is 0.268 e. The van der Waals surface area contributed by atoms with Crippen LogP contribution in [0.1, 0.15) is 11.1 Å². The molecule has 2 aromatic rings. The van der Waals surface area contributed by atoms with Crippen molar-refractivity contribution in [2.45, 2.75) is 6.54 Å². The first kappa shape index (κ1) is 12.7. The molecule has 2 rings (SSSR count). The second kappa shape index (κ2) is 5.26. The minimum absolute atomic E-state index is 0.0978. The number of halogens is 2. The van der Waals surface area contributed by atoms with Gasteiger partial charge in [-0.25, -0.2) is 0 Å². The van der Waals surface area contributed by atoms with E-state index in [1.54, 1.807) is 30.5 Å². The number of hydrogen-bond acceptors (Lipinski definition) is 2. The van der Waals surface area contributed by atoms with Gasteiger partial charge < -0.3 is 4.57 Å². The quantitative estimate of drug-likeness (QED) is 0.848. The van der Waals surface area contributed by atoms with Crippen LogP contribution in [0.25, 0.3) is 0 Å². The summed E-state index contributed by atoms with van der Waals surface area (Å²) in [6.45, 7) is 0.243. The topological polar surface area (TPSA) is 45.8 Å². The van der Waals surface area contributed by atoms with E-state index in [4.69, 9.17) is 28.5 Å². The maximum absolute atomic E-state index is 11.9. The summed E-state index contributed by atoms with van der Waals surface area (Å²) in [6.07, 6.45) is 1.60. The predicted molar refractivity (Wildman–Crippen MR) is 71.0 cm³/mol. The Bertz CT molecular complexity index is 666. The van der Waals surface area contributed by atoms with Gasteiger partial charge in [0.25, 0.3) is 5.56 Å². The Morgan fingerprint density at radius 3 is 2.44 bits per heavy atom. The SMILES string of the molecule is N#Cc1cccn(Cc2c(Cl)cccc2Cl)c1=O. The molecule has 0 spiro atoms. The van der Waals surface area contributed by atoms with Crippen LogP contribution in [0.2, 0.25) is 10.0 Å². The van der Waals surface area contributed by atoms with E-state index >= 15 is 0 Å². The Labute approximate surface area is 114 Å². The van der Waals surface area contributed by atoms with Crippen LogP contribution < -0.4 is 5.56 Å². The van der Waals surface area contributed by atoms with Crippen LogP contribution in [0.4, 0.5) is 0 Å². The molecular formula is C13H8Cl2N2O. The van der Waals surface area contributed by atoms with Crippen LogP contribution >= 0.6 is 23.2 Å². The Hall–Kier alpha value is -1.76. The van der Waals surface area contributed by atoms with Gasteiger partial charge in [-0.2, -0.15) is 5.26 Å². The van der Waals surface area contributed by atoms with Gasteiger partial charge in [0, 0.05) is 21.8 Å². The summed E-state index contributed by atoms with van der Waals surface area (Å²) >= 11 is 12.1. The first-order valence-corrected chi connectivity index (χ1v) is 5.91. The van der Waals surface area contributed by atoms with Crippen LogP contribution in [-0.4, -0.2) is 4.57 Å². The van der Waals surface area contributed by atoms with Crippen molar-refractivity contribution in [2.75, 3.05) is 0 Å². The van der Waals surface area contributed by atoms with Gasteiger partial charge in [0.1, 0.15) is 11.6 Å². The molecule has 1 heterocycles. The van der Waals surface area contributed by atoms with Crippen LogP contribution in [0.15, 0.2) is 41.3 Å². The number of nitrogens with zero attached hydrogens (tertiary/aromatic N) is 2. The van der Waals surface area contributed by atoms with Crippen molar-refractivity contribution in [3.05, 3.63) is 68.1 Å². The molecule has 0 saturated heterocycles. The highest BCUT2D eigenvalue weighted by atomic mass is 35.5. The Morgan fingerprint density at radius 1 is 1.17 bits per heavy atom. The predicted octanol–water partition coefficient (Wildman–Crippen LogP) is 3.08. The third-order valence-corrected chi connectivity index (χ3v) is 3.24. The van der Waals surface area contributed by atoms with E-state index in [0.717, 1.165) is 0 Å². The lowest BCUT2D eigenvalue weighted by atomic mass is 10.2. The molecule has 1 aromatic heterocycles. The number of rotatable bonds is 2. The summed E-state index contributed by atoms with van der Waals surface area (Å²) in [6, 6.07) is 10.1. The molecule has 0 aliphatic carbocycles. The average Bonchev–Trinajstić information content (AvgIpc) is 2.36. The van der Waals surface area contributed by atoms with Crippen LogP contribution in [-0.2, 0) is 6.54 Å². The first-order chi connectivity index (χ1) is 8.63. The molecule has 90 valence electrons. The van der Waals surface area contributed by atoms with Gasteiger partial charge in [0.05, 0.1) is 6.54 Å². The molecule has 0 saturated carbocycles. The number of hydrogen-bond donors (Lipinski definition) is 0. The summed E-state index contributed by atoms with van der Waals surface area (Å²) in [5, 5.41) is 9.80. The molecule has 0 bridgehead atoms. The van der Waals surface area contributed by atoms with Gasteiger partial charge in [-0.1, -0.05) is 29.3 Å². The molecule has 18 heavy (non-hydrogen) atoms. The monoisotopic (exact) mass is 278 g/mol. The Kier molecular flexibility index (Phi) is 3.71. The molecule has 5 heteroatoms. The summed E-state index contributed by atoms with van der Waals surface area (Å²) < 4.78 is 1.41. The van der Waals surface area contributed by atoms with Crippen LogP contribution in [0.3, 0.4) is 0 Å². The third kappa shape index (κ3) is 2.40. The van der Waals surface area contributed by atoms with Crippen molar-refractivity contribution in [1.82, 2.24) is 4.57 Å². The molecular weight excluding hydrogens is 271 g/mol. The van der Waals surface area contributed by atoms with E-state index in [1.165, 1.54) is 10.6 Å². The molecule has 0 radical (unpaired) electrons. The summed E-state index contributed by atoms with van der Waals surface area (Å²) in [7, 11) is 0. The van der Waals surface area contributed by atoms with Gasteiger partial charge in [-0.15, -0.1) is 0 Å². The maximum atomic E-state index is 11.9. The highest BCUT2D eigenvalue weighted by molar-refractivity contribution is 6.35. The summed E-state index contributed by atoms with van der Waals surface area (Å²) in [4.78, 5) is 11.9. The van der Waals surface area contributed by atoms with Crippen molar-refractivity contribution in [3.8, 4) is 6.07 Å². The van der Waals surface area contributed by atoms with E-state index in [9.17, 15) is 4.79 Å². The molecule has 0 amide bonds. The van der Waals surface area contributed by atoms with Crippen molar-refractivity contribution < 1.29 is 0 Å². The molecule has 0 aliphatic rings. The molecule has 3 nitrogen and oxygen atoms in total. The largest absolute Gasteiger partial charge is 0.310 e. The van der Waals surface area contributed by atoms with E-state index in [2.05, 4.69) is 0 Å². The fourth-order valence-electron chi connectivity index (χ4n) is 1.60. The zero-order chi connectivity index (χ0) is 13.1. The van der Waals surface area contributed by atoms with E-state index < -0.39 is 0 Å². The lowest BCUT2D eigenvalue weighted by Gasteiger charge is -2.09. The third-order valence-electron chi connectivity index (χ3n) is 2.53. The standard InChI is InChI=1S/C13H8Cl2N2O/c14-11-4-1-5-12(15)10(11)8-17-6-2-3-9(7-16)13(17)18/h1-6H,8H2. The van der Waals surface area contributed by atoms with Crippen molar-refractivity contribution >= 4 is 23.2 Å². The Morgan fingerprint density at radius 2 is 1.83 bits per heavy atom. The molecule has 0 atom stereocenters. The van der Waals surface area contributed by atoms with E-state index in [1.807, 2.05) is 6.07 Å². The fraction of sp³-hybridized carbons (Fsp3) is 0.0769. The van der Waals surface area contributed by atoms with Crippen LogP contribution in [0.5, 0.6) is 0 Å². The summed E-state index contributed by atoms with van der Waals surface area (Å²) in [5.41, 5.74) is 0.412. The molecule has 0 N–H and O–H groups in total. The second-order valence-corrected chi connectivity index (χ2v) is 4.48. The highest BCUT2D eigenvalue weighted by Gasteiger charge is 2.08. The van der Waals surface area contributed by atoms with Gasteiger partial charge in [-0.3, -0.25) is 4.79 Å². The number of nitriles is 1. The normalized spacial score (nSPS) is 10.1. The molecule has 1 aromatic carbocycles. The average molecular weight is 279 g/mol. The number of benzene rings is 1. The second-order valence-electron chi connectivity index (χ2n) is 3.67. The zero-order valence-electron chi connectivity index (χ0n) is 9.23. The van der Waals surface area contributed by atoms with Crippen molar-refractivity contribution in [2.24, 2.45) is 0 Å². The Balaban J connectivity index is 2.48. The van der Waals surface area contributed by atoms with Gasteiger partial charge in [-0.05, 0) is 24.3 Å². The number of aromatic nitrogens is 1. The minimum Gasteiger partial charge on any atom is -0.310 e. The molecule has 0 aliphatic heterocycles. The highest BCUT2D eigenvalue weighted by Crippen LogP contribution is 2.24. The minimum atomic E-state index is -0.351. The lowest BCUT2D eigenvalue weighted by molar-refractivity contribution is 0.757. The fourth-order valence-corrected chi connectivity index (χ4v) is 2.12. The van der Waals surface area contributed by atoms with Crippen molar-refractivity contribution in [1.29, 1.82) is 5.26 Å². The lowest BCUT2D eigenvalue weighted by Crippen LogP contribution is -2.22. The molecule has 0 fully saturated rings. The molecule has 0 unspecified atom stereocenters. The zero-order valence-corrected chi connectivity index (χ0v) is 10.7. The van der Waals surface area contributed by atoms with Gasteiger partial charge in [0.2, 0.25) is 0 Å². The van der Waals surface area contributed by atoms with Gasteiger partial charge >= 0.3 is 0 Å². The van der Waals surface area contributed by atoms with Gasteiger partial charge in [0.15, 0.2) is 0 Å². The first-order valence-electron chi connectivity index (χ1n) is 5.16. The van der Waals surface area contributed by atoms with Crippen LogP contribution in [0, 0.1) is 11.3 Å². The van der Waals surface area contributed by atoms with Crippen molar-refractivity contribution in [3.63, 3.8) is 0 Å². The van der Waals surface area contributed by atoms with E-state index in [0.29, 0.717) is 15.6 Å². The van der Waals surface area contributed by atoms with E-state index in [-0.39, 0.29) is 17.7 Å². The summed E-state index contributed by atoms with van der Waals surface area (Å²) in [5.74, 6) is 0.